The van der Waals surface area contributed by atoms with Gasteiger partial charge in [-0.3, -0.25) is 4.98 Å². The Morgan fingerprint density at radius 3 is 2.90 bits per heavy atom. The highest BCUT2D eigenvalue weighted by Gasteiger charge is 2.15. The van der Waals surface area contributed by atoms with Crippen LogP contribution < -0.4 is 4.74 Å². The Morgan fingerprint density at radius 1 is 1.30 bits per heavy atom. The zero-order valence-corrected chi connectivity index (χ0v) is 11.2. The van der Waals surface area contributed by atoms with E-state index in [1.54, 1.807) is 25.6 Å². The van der Waals surface area contributed by atoms with Crippen molar-refractivity contribution in [3.8, 4) is 23.1 Å². The van der Waals surface area contributed by atoms with Crippen molar-refractivity contribution in [1.29, 1.82) is 5.26 Å². The Morgan fingerprint density at radius 2 is 2.15 bits per heavy atom. The van der Waals surface area contributed by atoms with Crippen LogP contribution in [0.4, 0.5) is 0 Å². The third-order valence-electron chi connectivity index (χ3n) is 3.33. The maximum atomic E-state index is 9.18. The van der Waals surface area contributed by atoms with E-state index in [0.29, 0.717) is 11.3 Å². The minimum Gasteiger partial charge on any atom is -0.497 e. The Hall–Kier alpha value is -2.80. The van der Waals surface area contributed by atoms with Gasteiger partial charge in [0.15, 0.2) is 0 Å². The first-order valence-electron chi connectivity index (χ1n) is 6.16. The number of methoxy groups -OCH3 is 1. The molecular weight excluding hydrogens is 252 g/mol. The maximum Gasteiger partial charge on any atom is 0.139 e. The molecule has 0 amide bonds. The topological polar surface area (TPSA) is 59.1 Å². The molecule has 0 N–H and O–H groups in total. The normalized spacial score (nSPS) is 10.4. The van der Waals surface area contributed by atoms with E-state index in [1.165, 1.54) is 0 Å². The molecule has 20 heavy (non-hydrogen) atoms. The Labute approximate surface area is 116 Å². The van der Waals surface area contributed by atoms with E-state index in [4.69, 9.17) is 9.15 Å². The van der Waals surface area contributed by atoms with Crippen LogP contribution in [0.15, 0.2) is 41.1 Å². The second-order valence-electron chi connectivity index (χ2n) is 4.45. The van der Waals surface area contributed by atoms with Crippen molar-refractivity contribution in [2.45, 2.75) is 6.92 Å². The molecule has 4 nitrogen and oxygen atoms in total. The molecular formula is C16H12N2O2. The lowest BCUT2D eigenvalue weighted by Crippen LogP contribution is -1.85. The first-order valence-corrected chi connectivity index (χ1v) is 6.16. The molecule has 0 fully saturated rings. The summed E-state index contributed by atoms with van der Waals surface area (Å²) in [5, 5.41) is 10.2. The molecule has 0 saturated carbocycles. The number of hydrogen-bond donors (Lipinski definition) is 0. The summed E-state index contributed by atoms with van der Waals surface area (Å²) in [6.07, 6.45) is 3.20. The van der Waals surface area contributed by atoms with Gasteiger partial charge in [0.1, 0.15) is 23.2 Å². The summed E-state index contributed by atoms with van der Waals surface area (Å²) < 4.78 is 11.1. The average molecular weight is 264 g/mol. The van der Waals surface area contributed by atoms with Crippen LogP contribution in [0.2, 0.25) is 0 Å². The number of ether oxygens (including phenoxy) is 1. The van der Waals surface area contributed by atoms with Gasteiger partial charge in [-0.05, 0) is 31.2 Å². The van der Waals surface area contributed by atoms with E-state index in [2.05, 4.69) is 11.1 Å². The van der Waals surface area contributed by atoms with Crippen LogP contribution in [0, 0.1) is 18.3 Å². The second-order valence-corrected chi connectivity index (χ2v) is 4.45. The molecule has 0 spiro atoms. The van der Waals surface area contributed by atoms with E-state index in [-0.39, 0.29) is 0 Å². The number of pyridine rings is 1. The van der Waals surface area contributed by atoms with Gasteiger partial charge in [0, 0.05) is 28.9 Å². The molecule has 0 bridgehead atoms. The molecule has 4 heteroatoms. The highest BCUT2D eigenvalue weighted by atomic mass is 16.5. The summed E-state index contributed by atoms with van der Waals surface area (Å²) in [6, 6.07) is 9.60. The van der Waals surface area contributed by atoms with Crippen LogP contribution in [0.25, 0.3) is 22.3 Å². The number of nitriles is 1. The number of hydrogen-bond acceptors (Lipinski definition) is 4. The number of nitrogens with zero attached hydrogens (tertiary/aromatic N) is 2. The maximum absolute atomic E-state index is 9.18. The monoisotopic (exact) mass is 264 g/mol. The third-order valence-corrected chi connectivity index (χ3v) is 3.33. The van der Waals surface area contributed by atoms with Crippen LogP contribution in [0.5, 0.6) is 5.75 Å². The van der Waals surface area contributed by atoms with Crippen molar-refractivity contribution in [3.63, 3.8) is 0 Å². The molecule has 0 unspecified atom stereocenters. The Balaban J connectivity index is 2.27. The van der Waals surface area contributed by atoms with Gasteiger partial charge in [0.25, 0.3) is 0 Å². The van der Waals surface area contributed by atoms with Crippen LogP contribution in [0.1, 0.15) is 11.1 Å². The number of aromatic nitrogens is 1. The fourth-order valence-corrected chi connectivity index (χ4v) is 2.27. The van der Waals surface area contributed by atoms with Crippen molar-refractivity contribution in [1.82, 2.24) is 4.98 Å². The lowest BCUT2D eigenvalue weighted by atomic mass is 10.0. The predicted molar refractivity (Wildman–Crippen MR) is 75.4 cm³/mol. The Kier molecular flexibility index (Phi) is 2.88. The first-order chi connectivity index (χ1) is 9.74. The van der Waals surface area contributed by atoms with Gasteiger partial charge in [0.05, 0.1) is 12.7 Å². The molecule has 2 heterocycles. The number of aryl methyl sites for hydroxylation is 1. The zero-order valence-electron chi connectivity index (χ0n) is 11.2. The molecule has 0 atom stereocenters. The smallest absolute Gasteiger partial charge is 0.139 e. The molecule has 0 radical (unpaired) electrons. The lowest BCUT2D eigenvalue weighted by molar-refractivity contribution is 0.415. The molecule has 3 rings (SSSR count). The van der Waals surface area contributed by atoms with Gasteiger partial charge in [-0.15, -0.1) is 0 Å². The standard InChI is InChI=1S/C16H12N2O2/c1-10-14-7-12(19-2)3-4-15(14)20-16(10)13-5-6-18-9-11(13)8-17/h3-7,9H,1-2H3. The zero-order chi connectivity index (χ0) is 14.1. The van der Waals surface area contributed by atoms with Gasteiger partial charge in [-0.1, -0.05) is 0 Å². The Bertz CT molecular complexity index is 828. The van der Waals surface area contributed by atoms with Crippen LogP contribution >= 0.6 is 0 Å². The highest BCUT2D eigenvalue weighted by Crippen LogP contribution is 2.35. The average Bonchev–Trinajstić information content (AvgIpc) is 2.83. The van der Waals surface area contributed by atoms with Crippen LogP contribution in [0.3, 0.4) is 0 Å². The van der Waals surface area contributed by atoms with Crippen molar-refractivity contribution in [2.24, 2.45) is 0 Å². The summed E-state index contributed by atoms with van der Waals surface area (Å²) >= 11 is 0. The van der Waals surface area contributed by atoms with Gasteiger partial charge in [0.2, 0.25) is 0 Å². The molecule has 2 aromatic heterocycles. The van der Waals surface area contributed by atoms with Gasteiger partial charge < -0.3 is 9.15 Å². The summed E-state index contributed by atoms with van der Waals surface area (Å²) in [5.41, 5.74) is 3.03. The van der Waals surface area contributed by atoms with Crippen molar-refractivity contribution in [2.75, 3.05) is 7.11 Å². The molecule has 3 aromatic rings. The van der Waals surface area contributed by atoms with E-state index in [9.17, 15) is 5.26 Å². The van der Waals surface area contributed by atoms with E-state index in [0.717, 1.165) is 27.8 Å². The van der Waals surface area contributed by atoms with Crippen molar-refractivity contribution in [3.05, 3.63) is 47.8 Å². The number of benzene rings is 1. The summed E-state index contributed by atoms with van der Waals surface area (Å²) in [4.78, 5) is 3.97. The van der Waals surface area contributed by atoms with E-state index < -0.39 is 0 Å². The molecule has 0 aliphatic rings. The van der Waals surface area contributed by atoms with Gasteiger partial charge >= 0.3 is 0 Å². The quantitative estimate of drug-likeness (QED) is 0.708. The summed E-state index contributed by atoms with van der Waals surface area (Å²) in [5.74, 6) is 1.48. The molecule has 1 aromatic carbocycles. The largest absolute Gasteiger partial charge is 0.497 e. The van der Waals surface area contributed by atoms with Gasteiger partial charge in [-0.25, -0.2) is 0 Å². The molecule has 0 aliphatic carbocycles. The predicted octanol–water partition coefficient (Wildman–Crippen LogP) is 3.68. The number of rotatable bonds is 2. The van der Waals surface area contributed by atoms with Crippen molar-refractivity contribution < 1.29 is 9.15 Å². The van der Waals surface area contributed by atoms with E-state index in [1.807, 2.05) is 25.1 Å². The van der Waals surface area contributed by atoms with Gasteiger partial charge in [-0.2, -0.15) is 5.26 Å². The summed E-state index contributed by atoms with van der Waals surface area (Å²) in [7, 11) is 1.63. The SMILES string of the molecule is COc1ccc2oc(-c3ccncc3C#N)c(C)c2c1. The first kappa shape index (κ1) is 12.2. The van der Waals surface area contributed by atoms with Crippen molar-refractivity contribution >= 4 is 11.0 Å². The fourth-order valence-electron chi connectivity index (χ4n) is 2.27. The number of furan rings is 1. The van der Waals surface area contributed by atoms with Crippen LogP contribution in [-0.2, 0) is 0 Å². The molecule has 0 aliphatic heterocycles. The number of fused-ring (bicyclic) bond motifs is 1. The highest BCUT2D eigenvalue weighted by molar-refractivity contribution is 5.89. The summed E-state index contributed by atoms with van der Waals surface area (Å²) in [6.45, 7) is 1.97. The van der Waals surface area contributed by atoms with E-state index >= 15 is 0 Å². The minimum absolute atomic E-state index is 0.502. The molecule has 98 valence electrons. The molecule has 0 saturated heterocycles. The second kappa shape index (κ2) is 4.71. The fraction of sp³-hybridized carbons (Fsp3) is 0.125. The lowest BCUT2D eigenvalue weighted by Gasteiger charge is -2.00. The minimum atomic E-state index is 0.502. The van der Waals surface area contributed by atoms with Crippen LogP contribution in [-0.4, -0.2) is 12.1 Å². The third kappa shape index (κ3) is 1.81.